The normalized spacial score (nSPS) is 10.7. The molecule has 3 aromatic rings. The number of halogens is 3. The van der Waals surface area contributed by atoms with Crippen LogP contribution in [0.4, 0.5) is 24.7 Å². The van der Waals surface area contributed by atoms with Gasteiger partial charge in [0.1, 0.15) is 11.9 Å². The molecule has 0 unspecified atom stereocenters. The van der Waals surface area contributed by atoms with E-state index in [1.807, 2.05) is 6.07 Å². The monoisotopic (exact) mass is 410 g/mol. The van der Waals surface area contributed by atoms with Crippen molar-refractivity contribution in [3.8, 4) is 6.07 Å². The van der Waals surface area contributed by atoms with Crippen molar-refractivity contribution in [2.45, 2.75) is 6.18 Å². The number of aromatic nitrogens is 1. The summed E-state index contributed by atoms with van der Waals surface area (Å²) in [5, 5.41) is 13.7. The Kier molecular flexibility index (Phi) is 5.78. The number of hydrogen-bond acceptors (Lipinski definition) is 4. The Labute approximate surface area is 169 Å². The molecule has 0 saturated heterocycles. The molecule has 0 aliphatic carbocycles. The van der Waals surface area contributed by atoms with Gasteiger partial charge in [0.2, 0.25) is 0 Å². The maximum absolute atomic E-state index is 13.1. The second-order valence-corrected chi connectivity index (χ2v) is 6.08. The highest BCUT2D eigenvalue weighted by molar-refractivity contribution is 6.07. The van der Waals surface area contributed by atoms with E-state index < -0.39 is 29.1 Å². The van der Waals surface area contributed by atoms with Crippen LogP contribution in [0.15, 0.2) is 66.9 Å². The number of rotatable bonds is 4. The first-order chi connectivity index (χ1) is 14.3. The van der Waals surface area contributed by atoms with E-state index in [0.29, 0.717) is 5.56 Å². The third kappa shape index (κ3) is 4.80. The van der Waals surface area contributed by atoms with Crippen LogP contribution in [0.1, 0.15) is 31.8 Å². The van der Waals surface area contributed by atoms with E-state index in [2.05, 4.69) is 15.6 Å². The fraction of sp³-hybridized carbons (Fsp3) is 0.0476. The van der Waals surface area contributed by atoms with Crippen LogP contribution in [0.2, 0.25) is 0 Å². The molecular weight excluding hydrogens is 397 g/mol. The van der Waals surface area contributed by atoms with E-state index in [-0.39, 0.29) is 17.1 Å². The Morgan fingerprint density at radius 3 is 2.37 bits per heavy atom. The highest BCUT2D eigenvalue weighted by Crippen LogP contribution is 2.32. The maximum atomic E-state index is 13.1. The minimum atomic E-state index is -4.68. The highest BCUT2D eigenvalue weighted by Gasteiger charge is 2.34. The molecule has 1 aromatic heterocycles. The van der Waals surface area contributed by atoms with E-state index in [9.17, 15) is 22.8 Å². The second kappa shape index (κ2) is 8.45. The summed E-state index contributed by atoms with van der Waals surface area (Å²) in [5.41, 5.74) is -0.942. The molecule has 0 bridgehead atoms. The Balaban J connectivity index is 1.76. The first-order valence-electron chi connectivity index (χ1n) is 8.53. The lowest BCUT2D eigenvalue weighted by Crippen LogP contribution is -2.19. The lowest BCUT2D eigenvalue weighted by molar-refractivity contribution is -0.137. The van der Waals surface area contributed by atoms with Gasteiger partial charge in [0, 0.05) is 17.4 Å². The predicted molar refractivity (Wildman–Crippen MR) is 103 cm³/mol. The number of hydrogen-bond donors (Lipinski definition) is 2. The van der Waals surface area contributed by atoms with Gasteiger partial charge in [0.05, 0.1) is 16.7 Å². The van der Waals surface area contributed by atoms with E-state index in [1.54, 1.807) is 0 Å². The average Bonchev–Trinajstić information content (AvgIpc) is 2.74. The zero-order valence-corrected chi connectivity index (χ0v) is 15.2. The maximum Gasteiger partial charge on any atom is 0.417 e. The molecule has 2 amide bonds. The van der Waals surface area contributed by atoms with Gasteiger partial charge < -0.3 is 10.6 Å². The van der Waals surface area contributed by atoms with Crippen molar-refractivity contribution in [1.29, 1.82) is 5.26 Å². The molecule has 3 rings (SSSR count). The molecule has 0 aliphatic heterocycles. The quantitative estimate of drug-likeness (QED) is 0.663. The summed E-state index contributed by atoms with van der Waals surface area (Å²) < 4.78 is 39.3. The number of carbonyl (C=O) groups is 2. The summed E-state index contributed by atoms with van der Waals surface area (Å²) in [6.45, 7) is 0. The van der Waals surface area contributed by atoms with Gasteiger partial charge in [-0.3, -0.25) is 9.59 Å². The van der Waals surface area contributed by atoms with E-state index in [1.165, 1.54) is 54.7 Å². The van der Waals surface area contributed by atoms with Crippen molar-refractivity contribution in [2.75, 3.05) is 10.6 Å². The lowest BCUT2D eigenvalue weighted by Gasteiger charge is -2.13. The highest BCUT2D eigenvalue weighted by atomic mass is 19.4. The Bertz CT molecular complexity index is 1140. The number of nitrogens with zero attached hydrogens (tertiary/aromatic N) is 2. The molecule has 0 fully saturated rings. The SMILES string of the molecule is N#Cc1ccc(NC(=O)c2cccc(NC(=O)c3ccccc3C(F)(F)F)c2)nc1. The molecule has 2 aromatic carbocycles. The number of carbonyl (C=O) groups excluding carboxylic acids is 2. The van der Waals surface area contributed by atoms with Gasteiger partial charge in [-0.1, -0.05) is 18.2 Å². The van der Waals surface area contributed by atoms with Crippen LogP contribution in [0.25, 0.3) is 0 Å². The number of benzene rings is 2. The largest absolute Gasteiger partial charge is 0.417 e. The van der Waals surface area contributed by atoms with Crippen LogP contribution in [0, 0.1) is 11.3 Å². The summed E-state index contributed by atoms with van der Waals surface area (Å²) >= 11 is 0. The molecule has 1 heterocycles. The summed E-state index contributed by atoms with van der Waals surface area (Å²) in [7, 11) is 0. The van der Waals surface area contributed by atoms with Crippen molar-refractivity contribution in [3.05, 3.63) is 89.1 Å². The summed E-state index contributed by atoms with van der Waals surface area (Å²) in [4.78, 5) is 28.7. The van der Waals surface area contributed by atoms with Crippen molar-refractivity contribution < 1.29 is 22.8 Å². The fourth-order valence-corrected chi connectivity index (χ4v) is 2.59. The number of anilines is 2. The Hall–Kier alpha value is -4.19. The molecular formula is C21H13F3N4O2. The third-order valence-corrected chi connectivity index (χ3v) is 3.99. The van der Waals surface area contributed by atoms with Crippen molar-refractivity contribution in [3.63, 3.8) is 0 Å². The van der Waals surface area contributed by atoms with Crippen LogP contribution in [-0.4, -0.2) is 16.8 Å². The van der Waals surface area contributed by atoms with E-state index >= 15 is 0 Å². The second-order valence-electron chi connectivity index (χ2n) is 6.08. The van der Waals surface area contributed by atoms with Gasteiger partial charge in [-0.2, -0.15) is 18.4 Å². The van der Waals surface area contributed by atoms with Crippen molar-refractivity contribution >= 4 is 23.3 Å². The van der Waals surface area contributed by atoms with Gasteiger partial charge in [0.15, 0.2) is 0 Å². The third-order valence-electron chi connectivity index (χ3n) is 3.99. The summed E-state index contributed by atoms with van der Waals surface area (Å²) in [6.07, 6.45) is -3.38. The van der Waals surface area contributed by atoms with Crippen molar-refractivity contribution in [1.82, 2.24) is 4.98 Å². The van der Waals surface area contributed by atoms with Gasteiger partial charge in [-0.25, -0.2) is 4.98 Å². The van der Waals surface area contributed by atoms with Gasteiger partial charge >= 0.3 is 6.18 Å². The zero-order chi connectivity index (χ0) is 21.7. The molecule has 0 atom stereocenters. The number of pyridine rings is 1. The fourth-order valence-electron chi connectivity index (χ4n) is 2.59. The van der Waals surface area contributed by atoms with Gasteiger partial charge in [-0.05, 0) is 42.5 Å². The molecule has 0 aliphatic rings. The molecule has 2 N–H and O–H groups in total. The number of amides is 2. The van der Waals surface area contributed by atoms with Crippen LogP contribution in [-0.2, 0) is 6.18 Å². The predicted octanol–water partition coefficient (Wildman–Crippen LogP) is 4.48. The van der Waals surface area contributed by atoms with Crippen LogP contribution >= 0.6 is 0 Å². The molecule has 0 saturated carbocycles. The number of alkyl halides is 3. The molecule has 0 spiro atoms. The Morgan fingerprint density at radius 2 is 1.70 bits per heavy atom. The van der Waals surface area contributed by atoms with E-state index in [4.69, 9.17) is 5.26 Å². The first-order valence-corrected chi connectivity index (χ1v) is 8.53. The molecule has 0 radical (unpaired) electrons. The summed E-state index contributed by atoms with van der Waals surface area (Å²) in [6, 6.07) is 15.0. The smallest absolute Gasteiger partial charge is 0.322 e. The topological polar surface area (TPSA) is 94.9 Å². The Morgan fingerprint density at radius 1 is 0.933 bits per heavy atom. The van der Waals surface area contributed by atoms with Crippen LogP contribution in [0.3, 0.4) is 0 Å². The summed E-state index contributed by atoms with van der Waals surface area (Å²) in [5.74, 6) is -1.28. The molecule has 30 heavy (non-hydrogen) atoms. The molecule has 6 nitrogen and oxygen atoms in total. The molecule has 150 valence electrons. The standard InChI is InChI=1S/C21H13F3N4O2/c22-21(23,24)17-7-2-1-6-16(17)20(30)27-15-5-3-4-14(10-15)19(29)28-18-9-8-13(11-25)12-26-18/h1-10,12H,(H,27,30)(H,26,28,29). The van der Waals surface area contributed by atoms with Gasteiger partial charge in [0.25, 0.3) is 11.8 Å². The van der Waals surface area contributed by atoms with Crippen molar-refractivity contribution in [2.24, 2.45) is 0 Å². The van der Waals surface area contributed by atoms with Crippen LogP contribution < -0.4 is 10.6 Å². The minimum absolute atomic E-state index is 0.150. The lowest BCUT2D eigenvalue weighted by atomic mass is 10.1. The molecule has 9 heteroatoms. The number of nitriles is 1. The van der Waals surface area contributed by atoms with Crippen LogP contribution in [0.5, 0.6) is 0 Å². The van der Waals surface area contributed by atoms with E-state index in [0.717, 1.165) is 12.1 Å². The first kappa shape index (κ1) is 20.5. The number of nitrogens with one attached hydrogen (secondary N) is 2. The zero-order valence-electron chi connectivity index (χ0n) is 15.2. The average molecular weight is 410 g/mol. The minimum Gasteiger partial charge on any atom is -0.322 e. The van der Waals surface area contributed by atoms with Gasteiger partial charge in [-0.15, -0.1) is 0 Å².